The van der Waals surface area contributed by atoms with Crippen LogP contribution in [0.15, 0.2) is 16.6 Å². The van der Waals surface area contributed by atoms with Crippen LogP contribution >= 0.6 is 39.1 Å². The fourth-order valence-electron chi connectivity index (χ4n) is 1.44. The molecule has 0 saturated heterocycles. The summed E-state index contributed by atoms with van der Waals surface area (Å²) in [5.74, 6) is 0. The summed E-state index contributed by atoms with van der Waals surface area (Å²) in [6.45, 7) is 3.15. The molecule has 0 aliphatic heterocycles. The van der Waals surface area contributed by atoms with E-state index in [0.29, 0.717) is 10.0 Å². The minimum absolute atomic E-state index is 0.570. The van der Waals surface area contributed by atoms with Gasteiger partial charge in [0.25, 0.3) is 0 Å². The summed E-state index contributed by atoms with van der Waals surface area (Å²) in [4.78, 5) is 0. The van der Waals surface area contributed by atoms with Gasteiger partial charge in [0.15, 0.2) is 0 Å². The molecule has 0 amide bonds. The summed E-state index contributed by atoms with van der Waals surface area (Å²) in [6, 6.07) is 3.85. The van der Waals surface area contributed by atoms with Crippen LogP contribution in [0.1, 0.15) is 32.6 Å². The fourth-order valence-corrected chi connectivity index (χ4v) is 2.28. The summed E-state index contributed by atoms with van der Waals surface area (Å²) in [7, 11) is 0. The second-order valence-electron chi connectivity index (χ2n) is 3.71. The zero-order valence-corrected chi connectivity index (χ0v) is 12.4. The lowest BCUT2D eigenvalue weighted by molar-refractivity contribution is 0.685. The van der Waals surface area contributed by atoms with Gasteiger partial charge in [0.1, 0.15) is 0 Å². The van der Waals surface area contributed by atoms with Gasteiger partial charge >= 0.3 is 0 Å². The molecule has 0 heterocycles. The molecule has 0 fully saturated rings. The molecule has 0 spiro atoms. The maximum atomic E-state index is 6.11. The van der Waals surface area contributed by atoms with Gasteiger partial charge in [-0.1, -0.05) is 49.4 Å². The Balaban J connectivity index is 2.45. The van der Waals surface area contributed by atoms with E-state index in [1.54, 1.807) is 0 Å². The predicted molar refractivity (Wildman–Crippen MR) is 76.8 cm³/mol. The minimum atomic E-state index is 0.570. The van der Waals surface area contributed by atoms with Gasteiger partial charge in [0.2, 0.25) is 0 Å². The van der Waals surface area contributed by atoms with Crippen molar-refractivity contribution in [2.24, 2.45) is 0 Å². The normalized spacial score (nSPS) is 10.5. The molecule has 16 heavy (non-hydrogen) atoms. The fraction of sp³-hybridized carbons (Fsp3) is 0.500. The number of anilines is 1. The molecular weight excluding hydrogens is 309 g/mol. The van der Waals surface area contributed by atoms with Crippen molar-refractivity contribution in [3.8, 4) is 0 Å². The lowest BCUT2D eigenvalue weighted by atomic mass is 10.2. The van der Waals surface area contributed by atoms with Crippen molar-refractivity contribution in [1.82, 2.24) is 0 Å². The molecule has 0 bridgehead atoms. The molecule has 90 valence electrons. The smallest absolute Gasteiger partial charge is 0.0835 e. The Morgan fingerprint density at radius 3 is 2.56 bits per heavy atom. The molecule has 1 aromatic rings. The van der Waals surface area contributed by atoms with Crippen LogP contribution < -0.4 is 5.32 Å². The molecule has 1 rings (SSSR count). The van der Waals surface area contributed by atoms with Crippen molar-refractivity contribution >= 4 is 44.8 Å². The first-order valence-corrected chi connectivity index (χ1v) is 7.09. The number of hydrogen-bond acceptors (Lipinski definition) is 1. The SMILES string of the molecule is CCCCCCNc1ccc(Br)c(Cl)c1Cl. The Morgan fingerprint density at radius 1 is 1.12 bits per heavy atom. The molecule has 0 unspecified atom stereocenters. The Morgan fingerprint density at radius 2 is 1.88 bits per heavy atom. The van der Waals surface area contributed by atoms with Crippen LogP contribution in [-0.4, -0.2) is 6.54 Å². The lowest BCUT2D eigenvalue weighted by Crippen LogP contribution is -2.02. The van der Waals surface area contributed by atoms with Gasteiger partial charge in [0.05, 0.1) is 15.7 Å². The lowest BCUT2D eigenvalue weighted by Gasteiger charge is -2.10. The second-order valence-corrected chi connectivity index (χ2v) is 5.32. The average molecular weight is 325 g/mol. The van der Waals surface area contributed by atoms with Crippen LogP contribution in [0.2, 0.25) is 10.0 Å². The molecule has 1 aromatic carbocycles. The first-order valence-electron chi connectivity index (χ1n) is 5.54. The highest BCUT2D eigenvalue weighted by Crippen LogP contribution is 2.35. The van der Waals surface area contributed by atoms with E-state index in [1.807, 2.05) is 12.1 Å². The third-order valence-electron chi connectivity index (χ3n) is 2.38. The maximum absolute atomic E-state index is 6.11. The van der Waals surface area contributed by atoms with Crippen LogP contribution in [-0.2, 0) is 0 Å². The van der Waals surface area contributed by atoms with Crippen molar-refractivity contribution in [3.63, 3.8) is 0 Å². The summed E-state index contributed by atoms with van der Waals surface area (Å²) in [6.07, 6.45) is 4.96. The summed E-state index contributed by atoms with van der Waals surface area (Å²) >= 11 is 15.5. The summed E-state index contributed by atoms with van der Waals surface area (Å²) in [5.41, 5.74) is 0.909. The third kappa shape index (κ3) is 4.15. The first-order chi connectivity index (χ1) is 7.66. The number of benzene rings is 1. The van der Waals surface area contributed by atoms with E-state index in [1.165, 1.54) is 19.3 Å². The van der Waals surface area contributed by atoms with E-state index in [4.69, 9.17) is 23.2 Å². The van der Waals surface area contributed by atoms with Gasteiger partial charge < -0.3 is 5.32 Å². The highest BCUT2D eigenvalue weighted by molar-refractivity contribution is 9.10. The van der Waals surface area contributed by atoms with Crippen molar-refractivity contribution in [2.75, 3.05) is 11.9 Å². The maximum Gasteiger partial charge on any atom is 0.0835 e. The largest absolute Gasteiger partial charge is 0.384 e. The second kappa shape index (κ2) is 7.41. The molecule has 0 aliphatic carbocycles. The van der Waals surface area contributed by atoms with Gasteiger partial charge in [-0.15, -0.1) is 0 Å². The Labute approximate surface area is 116 Å². The average Bonchev–Trinajstić information content (AvgIpc) is 2.28. The number of halogens is 3. The predicted octanol–water partition coefficient (Wildman–Crippen LogP) is 5.75. The molecule has 1 nitrogen and oxygen atoms in total. The van der Waals surface area contributed by atoms with Crippen molar-refractivity contribution in [3.05, 3.63) is 26.7 Å². The summed E-state index contributed by atoms with van der Waals surface area (Å²) < 4.78 is 0.829. The molecular formula is C12H16BrCl2N. The Kier molecular flexibility index (Phi) is 6.55. The van der Waals surface area contributed by atoms with Crippen molar-refractivity contribution < 1.29 is 0 Å². The van der Waals surface area contributed by atoms with Gasteiger partial charge in [-0.05, 0) is 34.5 Å². The molecule has 4 heteroatoms. The standard InChI is InChI=1S/C12H16BrCl2N/c1-2-3-4-5-8-16-10-7-6-9(13)11(14)12(10)15/h6-7,16H,2-5,8H2,1H3. The molecule has 0 saturated carbocycles. The van der Waals surface area contributed by atoms with E-state index >= 15 is 0 Å². The van der Waals surface area contributed by atoms with Crippen molar-refractivity contribution in [2.45, 2.75) is 32.6 Å². The van der Waals surface area contributed by atoms with E-state index in [2.05, 4.69) is 28.2 Å². The van der Waals surface area contributed by atoms with Crippen LogP contribution in [0.25, 0.3) is 0 Å². The van der Waals surface area contributed by atoms with Crippen LogP contribution in [0.3, 0.4) is 0 Å². The van der Waals surface area contributed by atoms with Crippen LogP contribution in [0.5, 0.6) is 0 Å². The van der Waals surface area contributed by atoms with E-state index in [-0.39, 0.29) is 0 Å². The Bertz CT molecular complexity index is 342. The molecule has 0 radical (unpaired) electrons. The van der Waals surface area contributed by atoms with Gasteiger partial charge in [0, 0.05) is 11.0 Å². The highest BCUT2D eigenvalue weighted by atomic mass is 79.9. The number of nitrogens with one attached hydrogen (secondary N) is 1. The molecule has 1 N–H and O–H groups in total. The van der Waals surface area contributed by atoms with Gasteiger partial charge in [-0.25, -0.2) is 0 Å². The molecule has 0 aromatic heterocycles. The zero-order valence-electron chi connectivity index (χ0n) is 9.32. The third-order valence-corrected chi connectivity index (χ3v) is 4.15. The van der Waals surface area contributed by atoms with Gasteiger partial charge in [-0.2, -0.15) is 0 Å². The number of rotatable bonds is 6. The zero-order chi connectivity index (χ0) is 12.0. The monoisotopic (exact) mass is 323 g/mol. The van der Waals surface area contributed by atoms with E-state index < -0.39 is 0 Å². The first kappa shape index (κ1) is 14.1. The van der Waals surface area contributed by atoms with Crippen molar-refractivity contribution in [1.29, 1.82) is 0 Å². The number of unbranched alkanes of at least 4 members (excludes halogenated alkanes) is 3. The molecule has 0 atom stereocenters. The van der Waals surface area contributed by atoms with Crippen LogP contribution in [0, 0.1) is 0 Å². The van der Waals surface area contributed by atoms with E-state index in [0.717, 1.165) is 23.1 Å². The topological polar surface area (TPSA) is 12.0 Å². The quantitative estimate of drug-likeness (QED) is 0.519. The minimum Gasteiger partial charge on any atom is -0.384 e. The van der Waals surface area contributed by atoms with Crippen LogP contribution in [0.4, 0.5) is 5.69 Å². The number of hydrogen-bond donors (Lipinski definition) is 1. The van der Waals surface area contributed by atoms with Gasteiger partial charge in [-0.3, -0.25) is 0 Å². The Hall–Kier alpha value is 0.0800. The van der Waals surface area contributed by atoms with E-state index in [9.17, 15) is 0 Å². The highest BCUT2D eigenvalue weighted by Gasteiger charge is 2.07. The molecule has 0 aliphatic rings. The summed E-state index contributed by atoms with van der Waals surface area (Å²) in [5, 5.41) is 4.46.